The van der Waals surface area contributed by atoms with E-state index in [0.717, 1.165) is 45.0 Å². The molecule has 3 heteroatoms. The molecule has 2 aromatic carbocycles. The van der Waals surface area contributed by atoms with Gasteiger partial charge in [0.2, 0.25) is 0 Å². The molecule has 0 atom stereocenters. The summed E-state index contributed by atoms with van der Waals surface area (Å²) in [6, 6.07) is 31.2. The fourth-order valence-electron chi connectivity index (χ4n) is 3.85. The van der Waals surface area contributed by atoms with Crippen LogP contribution in [0.4, 0.5) is 0 Å². The first kappa shape index (κ1) is 19.8. The molecular weight excluding hydrogens is 390 g/mol. The van der Waals surface area contributed by atoms with Gasteiger partial charge in [-0.3, -0.25) is 9.97 Å². The zero-order valence-corrected chi connectivity index (χ0v) is 18.2. The van der Waals surface area contributed by atoms with E-state index in [-0.39, 0.29) is 0 Å². The maximum atomic E-state index is 5.00. The van der Waals surface area contributed by atoms with E-state index < -0.39 is 0 Å². The molecule has 3 nitrogen and oxygen atoms in total. The van der Waals surface area contributed by atoms with E-state index in [1.807, 2.05) is 42.7 Å². The van der Waals surface area contributed by atoms with Crippen molar-refractivity contribution in [1.29, 1.82) is 0 Å². The monoisotopic (exact) mass is 413 g/mol. The quantitative estimate of drug-likeness (QED) is 0.314. The lowest BCUT2D eigenvalue weighted by Gasteiger charge is -2.12. The first-order valence-corrected chi connectivity index (χ1v) is 10.7. The molecule has 0 spiro atoms. The number of aryl methyl sites for hydroxylation is 2. The van der Waals surface area contributed by atoms with E-state index >= 15 is 0 Å². The molecule has 0 aliphatic heterocycles. The van der Waals surface area contributed by atoms with Crippen molar-refractivity contribution >= 4 is 0 Å². The molecule has 0 N–H and O–H groups in total. The molecule has 3 aromatic heterocycles. The van der Waals surface area contributed by atoms with Gasteiger partial charge in [0.25, 0.3) is 0 Å². The van der Waals surface area contributed by atoms with Crippen LogP contribution in [-0.2, 0) is 0 Å². The summed E-state index contributed by atoms with van der Waals surface area (Å²) in [6.07, 6.45) is 3.64. The highest BCUT2D eigenvalue weighted by Gasteiger charge is 2.14. The lowest BCUT2D eigenvalue weighted by Crippen LogP contribution is -1.96. The highest BCUT2D eigenvalue weighted by molar-refractivity contribution is 5.82. The minimum Gasteiger partial charge on any atom is -0.254 e. The maximum absolute atomic E-state index is 5.00. The van der Waals surface area contributed by atoms with Gasteiger partial charge in [-0.25, -0.2) is 4.98 Å². The van der Waals surface area contributed by atoms with Crippen LogP contribution in [0.15, 0.2) is 103 Å². The Balaban J connectivity index is 1.61. The summed E-state index contributed by atoms with van der Waals surface area (Å²) in [5.41, 5.74) is 10.3. The van der Waals surface area contributed by atoms with E-state index in [4.69, 9.17) is 4.98 Å². The van der Waals surface area contributed by atoms with E-state index in [1.54, 1.807) is 0 Å². The lowest BCUT2D eigenvalue weighted by atomic mass is 9.99. The Bertz CT molecular complexity index is 1270. The van der Waals surface area contributed by atoms with Crippen molar-refractivity contribution < 1.29 is 0 Å². The van der Waals surface area contributed by atoms with Crippen molar-refractivity contribution in [2.45, 2.75) is 13.8 Å². The fraction of sp³-hybridized carbons (Fsp3) is 0.0690. The smallest absolute Gasteiger partial charge is 0.0964 e. The van der Waals surface area contributed by atoms with E-state index in [2.05, 4.69) is 84.5 Å². The highest BCUT2D eigenvalue weighted by Crippen LogP contribution is 2.33. The topological polar surface area (TPSA) is 38.7 Å². The van der Waals surface area contributed by atoms with Gasteiger partial charge in [0.1, 0.15) is 0 Å². The van der Waals surface area contributed by atoms with Crippen LogP contribution in [0, 0.1) is 13.8 Å². The maximum Gasteiger partial charge on any atom is 0.0964 e. The summed E-state index contributed by atoms with van der Waals surface area (Å²) < 4.78 is 0. The first-order chi connectivity index (χ1) is 15.7. The van der Waals surface area contributed by atoms with Crippen LogP contribution in [0.3, 0.4) is 0 Å². The average molecular weight is 414 g/mol. The Kier molecular flexibility index (Phi) is 5.30. The Morgan fingerprint density at radius 1 is 0.469 bits per heavy atom. The minimum atomic E-state index is 0.833. The van der Waals surface area contributed by atoms with Crippen LogP contribution in [0.5, 0.6) is 0 Å². The summed E-state index contributed by atoms with van der Waals surface area (Å²) in [5.74, 6) is 0. The predicted octanol–water partition coefficient (Wildman–Crippen LogP) is 7.16. The molecule has 0 bridgehead atoms. The van der Waals surface area contributed by atoms with Gasteiger partial charge in [-0.1, -0.05) is 77.9 Å². The number of nitrogens with zero attached hydrogens (tertiary/aromatic N) is 3. The van der Waals surface area contributed by atoms with Crippen LogP contribution < -0.4 is 0 Å². The average Bonchev–Trinajstić information content (AvgIpc) is 2.85. The molecule has 0 saturated heterocycles. The fourth-order valence-corrected chi connectivity index (χ4v) is 3.85. The normalized spacial score (nSPS) is 10.8. The molecule has 154 valence electrons. The summed E-state index contributed by atoms with van der Waals surface area (Å²) in [7, 11) is 0. The highest BCUT2D eigenvalue weighted by atomic mass is 14.8. The van der Waals surface area contributed by atoms with Crippen LogP contribution in [0.1, 0.15) is 11.1 Å². The largest absolute Gasteiger partial charge is 0.254 e. The second-order valence-corrected chi connectivity index (χ2v) is 7.94. The van der Waals surface area contributed by atoms with Gasteiger partial charge < -0.3 is 0 Å². The number of rotatable bonds is 4. The zero-order valence-electron chi connectivity index (χ0n) is 18.2. The summed E-state index contributed by atoms with van der Waals surface area (Å²) in [6.45, 7) is 4.19. The zero-order chi connectivity index (χ0) is 21.9. The lowest BCUT2D eigenvalue weighted by molar-refractivity contribution is 1.22. The number of aromatic nitrogens is 3. The van der Waals surface area contributed by atoms with Gasteiger partial charge in [0, 0.05) is 23.5 Å². The molecule has 3 heterocycles. The van der Waals surface area contributed by atoms with Gasteiger partial charge in [-0.15, -0.1) is 0 Å². The SMILES string of the molecule is Cc1ccc(-c2cccnc2-c2cccc(-c3ncccc3-c3ccc(C)cc3)n2)cc1. The molecule has 0 fully saturated rings. The van der Waals surface area contributed by atoms with Crippen molar-refractivity contribution in [3.05, 3.63) is 115 Å². The van der Waals surface area contributed by atoms with E-state index in [1.165, 1.54) is 11.1 Å². The van der Waals surface area contributed by atoms with Crippen LogP contribution in [0.25, 0.3) is 45.0 Å². The summed E-state index contributed by atoms with van der Waals surface area (Å²) in [4.78, 5) is 14.4. The molecule has 0 amide bonds. The van der Waals surface area contributed by atoms with Crippen molar-refractivity contribution in [2.24, 2.45) is 0 Å². The third kappa shape index (κ3) is 3.93. The summed E-state index contributed by atoms with van der Waals surface area (Å²) >= 11 is 0. The Morgan fingerprint density at radius 2 is 0.906 bits per heavy atom. The molecule has 0 unspecified atom stereocenters. The number of benzene rings is 2. The second kappa shape index (κ2) is 8.56. The van der Waals surface area contributed by atoms with E-state index in [9.17, 15) is 0 Å². The molecule has 0 aliphatic carbocycles. The van der Waals surface area contributed by atoms with Gasteiger partial charge in [0.15, 0.2) is 0 Å². The van der Waals surface area contributed by atoms with E-state index in [0.29, 0.717) is 0 Å². The van der Waals surface area contributed by atoms with Crippen LogP contribution in [0.2, 0.25) is 0 Å². The first-order valence-electron chi connectivity index (χ1n) is 10.7. The number of hydrogen-bond donors (Lipinski definition) is 0. The molecule has 0 saturated carbocycles. The molecule has 0 radical (unpaired) electrons. The number of hydrogen-bond acceptors (Lipinski definition) is 3. The van der Waals surface area contributed by atoms with Gasteiger partial charge in [0.05, 0.1) is 22.8 Å². The Morgan fingerprint density at radius 3 is 1.34 bits per heavy atom. The van der Waals surface area contributed by atoms with Crippen molar-refractivity contribution in [3.63, 3.8) is 0 Å². The third-order valence-electron chi connectivity index (χ3n) is 5.57. The van der Waals surface area contributed by atoms with Gasteiger partial charge in [-0.05, 0) is 49.2 Å². The molecule has 5 aromatic rings. The number of pyridine rings is 3. The van der Waals surface area contributed by atoms with Crippen LogP contribution in [-0.4, -0.2) is 15.0 Å². The van der Waals surface area contributed by atoms with Gasteiger partial charge >= 0.3 is 0 Å². The third-order valence-corrected chi connectivity index (χ3v) is 5.57. The second-order valence-electron chi connectivity index (χ2n) is 7.94. The standard InChI is InChI=1S/C29H23N3/c1-20-10-14-22(15-11-20)24-6-4-18-30-28(24)26-8-3-9-27(32-26)29-25(7-5-19-31-29)23-16-12-21(2)13-17-23/h3-19H,1-2H3. The van der Waals surface area contributed by atoms with Crippen LogP contribution >= 0.6 is 0 Å². The van der Waals surface area contributed by atoms with Crippen molar-refractivity contribution in [2.75, 3.05) is 0 Å². The van der Waals surface area contributed by atoms with Crippen molar-refractivity contribution in [3.8, 4) is 45.0 Å². The molecule has 5 rings (SSSR count). The molecule has 32 heavy (non-hydrogen) atoms. The van der Waals surface area contributed by atoms with Gasteiger partial charge in [-0.2, -0.15) is 0 Å². The Hall–Kier alpha value is -4.11. The minimum absolute atomic E-state index is 0.833. The Labute approximate surface area is 188 Å². The van der Waals surface area contributed by atoms with Crippen molar-refractivity contribution in [1.82, 2.24) is 15.0 Å². The molecule has 0 aliphatic rings. The summed E-state index contributed by atoms with van der Waals surface area (Å²) in [5, 5.41) is 0. The molecular formula is C29H23N3. The predicted molar refractivity (Wildman–Crippen MR) is 131 cm³/mol.